The number of rotatable bonds is 4. The van der Waals surface area contributed by atoms with Crippen molar-refractivity contribution >= 4 is 54.4 Å². The summed E-state index contributed by atoms with van der Waals surface area (Å²) in [5.41, 5.74) is 2.00. The van der Waals surface area contributed by atoms with Gasteiger partial charge in [0.2, 0.25) is 0 Å². The van der Waals surface area contributed by atoms with Crippen LogP contribution in [0.5, 0.6) is 0 Å². The molecule has 0 bridgehead atoms. The van der Waals surface area contributed by atoms with Gasteiger partial charge in [0.15, 0.2) is 0 Å². The minimum Gasteiger partial charge on any atom is -0.334 e. The van der Waals surface area contributed by atoms with Gasteiger partial charge in [-0.3, -0.25) is 6.42 Å². The Bertz CT molecular complexity index is 1430. The van der Waals surface area contributed by atoms with Crippen LogP contribution in [0.3, 0.4) is 0 Å². The third kappa shape index (κ3) is 8.27. The molecule has 0 aliphatic rings. The zero-order valence-corrected chi connectivity index (χ0v) is 24.7. The first kappa shape index (κ1) is 29.1. The molecule has 0 radical (unpaired) electrons. The van der Waals surface area contributed by atoms with Gasteiger partial charge in [0.05, 0.1) is 0 Å². The van der Waals surface area contributed by atoms with E-state index in [2.05, 4.69) is 58.5 Å². The number of carbonyl (C=O) groups is 2. The molecule has 0 amide bonds. The smallest absolute Gasteiger partial charge is 0.334 e. The number of ketones is 2. The van der Waals surface area contributed by atoms with Crippen molar-refractivity contribution in [2.45, 2.75) is 13.8 Å². The SMILES string of the molecule is CC(=O)[CH-]C(C)=O.[Ir+3].[c-]1c(-c2ccccn2)sc2ccccc12.[c-]1c(-c2ccccn2)sc2ccccc12. The van der Waals surface area contributed by atoms with Crippen LogP contribution in [0.2, 0.25) is 0 Å². The predicted octanol–water partition coefficient (Wildman–Crippen LogP) is 7.89. The quantitative estimate of drug-likeness (QED) is 0.138. The van der Waals surface area contributed by atoms with Crippen LogP contribution >= 0.6 is 22.7 Å². The Balaban J connectivity index is 0.000000167. The average Bonchev–Trinajstić information content (AvgIpc) is 3.54. The Morgan fingerprint density at radius 3 is 1.34 bits per heavy atom. The third-order valence-corrected chi connectivity index (χ3v) is 7.08. The summed E-state index contributed by atoms with van der Waals surface area (Å²) < 4.78 is 2.52. The van der Waals surface area contributed by atoms with Gasteiger partial charge in [0.1, 0.15) is 0 Å². The van der Waals surface area contributed by atoms with E-state index in [4.69, 9.17) is 0 Å². The van der Waals surface area contributed by atoms with Crippen LogP contribution in [0.25, 0.3) is 41.3 Å². The number of Topliss-reactive ketones (excluding diaryl/α,β-unsaturated/α-hetero) is 2. The minimum atomic E-state index is -0.187. The molecule has 0 fully saturated rings. The number of aromatic nitrogens is 2. The molecule has 0 unspecified atom stereocenters. The molecule has 6 rings (SSSR count). The van der Waals surface area contributed by atoms with Crippen LogP contribution in [0.15, 0.2) is 97.3 Å². The van der Waals surface area contributed by atoms with E-state index in [1.165, 1.54) is 34.0 Å². The molecule has 190 valence electrons. The summed E-state index contributed by atoms with van der Waals surface area (Å²) in [5.74, 6) is -0.375. The number of thiophene rings is 2. The van der Waals surface area contributed by atoms with Crippen molar-refractivity contribution in [1.29, 1.82) is 0 Å². The fourth-order valence-corrected chi connectivity index (χ4v) is 5.31. The summed E-state index contributed by atoms with van der Waals surface area (Å²) in [7, 11) is 0. The zero-order chi connectivity index (χ0) is 26.0. The molecule has 38 heavy (non-hydrogen) atoms. The molecule has 0 spiro atoms. The van der Waals surface area contributed by atoms with E-state index in [9.17, 15) is 9.59 Å². The molecule has 0 N–H and O–H groups in total. The zero-order valence-electron chi connectivity index (χ0n) is 20.7. The molecule has 7 heteroatoms. The van der Waals surface area contributed by atoms with E-state index in [1.807, 2.05) is 60.9 Å². The van der Waals surface area contributed by atoms with Crippen LogP contribution in [0.4, 0.5) is 0 Å². The van der Waals surface area contributed by atoms with Crippen molar-refractivity contribution in [2.75, 3.05) is 0 Å². The summed E-state index contributed by atoms with van der Waals surface area (Å²) in [6, 6.07) is 35.2. The predicted molar refractivity (Wildman–Crippen MR) is 153 cm³/mol. The molecule has 4 heterocycles. The van der Waals surface area contributed by atoms with Gasteiger partial charge in [-0.1, -0.05) is 48.5 Å². The summed E-state index contributed by atoms with van der Waals surface area (Å²) in [6.45, 7) is 2.70. The van der Waals surface area contributed by atoms with E-state index < -0.39 is 0 Å². The molecule has 4 nitrogen and oxygen atoms in total. The third-order valence-electron chi connectivity index (χ3n) is 4.90. The number of nitrogens with zero attached hydrogens (tertiary/aromatic N) is 2. The van der Waals surface area contributed by atoms with E-state index in [0.717, 1.165) is 27.6 Å². The number of pyridine rings is 2. The average molecular weight is 712 g/mol. The molecular formula is C31H23IrN2O2S2. The van der Waals surface area contributed by atoms with E-state index in [1.54, 1.807) is 22.7 Å². The second-order valence-electron chi connectivity index (χ2n) is 7.90. The molecule has 0 aliphatic heterocycles. The summed E-state index contributed by atoms with van der Waals surface area (Å²) in [6.07, 6.45) is 4.68. The van der Waals surface area contributed by atoms with Gasteiger partial charge in [-0.15, -0.1) is 47.2 Å². The maximum Gasteiger partial charge on any atom is 3.00 e. The normalized spacial score (nSPS) is 9.84. The molecule has 0 atom stereocenters. The van der Waals surface area contributed by atoms with Gasteiger partial charge in [-0.25, -0.2) is 22.7 Å². The topological polar surface area (TPSA) is 59.9 Å². The van der Waals surface area contributed by atoms with Crippen molar-refractivity contribution in [1.82, 2.24) is 9.97 Å². The Morgan fingerprint density at radius 1 is 0.632 bits per heavy atom. The number of hydrogen-bond donors (Lipinski definition) is 0. The van der Waals surface area contributed by atoms with Crippen LogP contribution in [0, 0.1) is 18.6 Å². The Morgan fingerprint density at radius 2 is 1.03 bits per heavy atom. The van der Waals surface area contributed by atoms with Gasteiger partial charge < -0.3 is 19.6 Å². The molecular weight excluding hydrogens is 689 g/mol. The Labute approximate surface area is 243 Å². The first-order chi connectivity index (χ1) is 18.0. The maximum atomic E-state index is 9.98. The molecule has 4 aromatic heterocycles. The van der Waals surface area contributed by atoms with E-state index >= 15 is 0 Å². The number of fused-ring (bicyclic) bond motifs is 2. The van der Waals surface area contributed by atoms with E-state index in [0.29, 0.717) is 0 Å². The van der Waals surface area contributed by atoms with Crippen molar-refractivity contribution < 1.29 is 29.7 Å². The Hall–Kier alpha value is -3.48. The molecule has 0 saturated carbocycles. The monoisotopic (exact) mass is 712 g/mol. The van der Waals surface area contributed by atoms with Crippen molar-refractivity contribution in [3.05, 3.63) is 116 Å². The summed E-state index contributed by atoms with van der Waals surface area (Å²) in [4.78, 5) is 30.8. The van der Waals surface area contributed by atoms with E-state index in [-0.39, 0.29) is 31.7 Å². The van der Waals surface area contributed by atoms with Gasteiger partial charge >= 0.3 is 20.1 Å². The van der Waals surface area contributed by atoms with Gasteiger partial charge in [0, 0.05) is 35.3 Å². The van der Waals surface area contributed by atoms with Gasteiger partial charge in [-0.2, -0.15) is 0 Å². The van der Waals surface area contributed by atoms with Crippen LogP contribution in [-0.2, 0) is 29.7 Å². The van der Waals surface area contributed by atoms with Crippen LogP contribution < -0.4 is 0 Å². The standard InChI is InChI=1S/2C13H8NS.C5H7O2.Ir/c2*1-2-7-12-10(5-1)9-13(15-12)11-6-3-4-8-14-11;1-4(6)3-5(2)7;/h2*1-8H;3H,1-2H3;/q3*-1;+3. The largest absolute Gasteiger partial charge is 3.00 e. The fourth-order valence-electron chi connectivity index (χ4n) is 3.35. The molecule has 0 aliphatic carbocycles. The maximum absolute atomic E-state index is 9.98. The fraction of sp³-hybridized carbons (Fsp3) is 0.0645. The van der Waals surface area contributed by atoms with Crippen LogP contribution in [0.1, 0.15) is 13.8 Å². The molecule has 2 aromatic carbocycles. The second-order valence-corrected chi connectivity index (χ2v) is 10.0. The van der Waals surface area contributed by atoms with Crippen molar-refractivity contribution in [2.24, 2.45) is 0 Å². The first-order valence-electron chi connectivity index (χ1n) is 11.5. The molecule has 6 aromatic rings. The summed E-state index contributed by atoms with van der Waals surface area (Å²) >= 11 is 3.46. The number of carbonyl (C=O) groups excluding carboxylic acids is 2. The number of hydrogen-bond acceptors (Lipinski definition) is 6. The second kappa shape index (κ2) is 14.5. The van der Waals surface area contributed by atoms with Crippen LogP contribution in [-0.4, -0.2) is 21.5 Å². The van der Waals surface area contributed by atoms with Gasteiger partial charge in [0.25, 0.3) is 0 Å². The van der Waals surface area contributed by atoms with Crippen molar-refractivity contribution in [3.8, 4) is 21.1 Å². The summed E-state index contributed by atoms with van der Waals surface area (Å²) in [5, 5.41) is 2.34. The van der Waals surface area contributed by atoms with Crippen molar-refractivity contribution in [3.63, 3.8) is 0 Å². The Kier molecular flexibility index (Phi) is 11.1. The van der Waals surface area contributed by atoms with Gasteiger partial charge in [-0.05, 0) is 45.1 Å². The first-order valence-corrected chi connectivity index (χ1v) is 13.1. The number of benzene rings is 2. The molecule has 0 saturated heterocycles. The minimum absolute atomic E-state index is 0.